The summed E-state index contributed by atoms with van der Waals surface area (Å²) in [5.74, 6) is 1.33. The molecule has 1 spiro atoms. The highest BCUT2D eigenvalue weighted by Gasteiger charge is 2.76. The van der Waals surface area contributed by atoms with Gasteiger partial charge in [-0.25, -0.2) is 0 Å². The van der Waals surface area contributed by atoms with Crippen molar-refractivity contribution in [2.24, 2.45) is 17.8 Å². The van der Waals surface area contributed by atoms with Gasteiger partial charge < -0.3 is 14.2 Å². The van der Waals surface area contributed by atoms with E-state index < -0.39 is 5.79 Å². The zero-order valence-corrected chi connectivity index (χ0v) is 11.9. The van der Waals surface area contributed by atoms with Gasteiger partial charge in [-0.15, -0.1) is 0 Å². The van der Waals surface area contributed by atoms with Crippen LogP contribution in [0.4, 0.5) is 0 Å². The van der Waals surface area contributed by atoms with Gasteiger partial charge in [-0.2, -0.15) is 0 Å². The van der Waals surface area contributed by atoms with Crippen LogP contribution in [0.15, 0.2) is 0 Å². The van der Waals surface area contributed by atoms with Crippen molar-refractivity contribution in [2.45, 2.75) is 76.7 Å². The highest BCUT2D eigenvalue weighted by atomic mass is 16.8. The summed E-state index contributed by atoms with van der Waals surface area (Å²) in [5.41, 5.74) is -0.175. The van der Waals surface area contributed by atoms with E-state index >= 15 is 0 Å². The standard InChI is InChI=1S/C15H24O3/c1-9(2)10-5-7-13(3)11-6-8-14(4)17-12(16-13)15(10,11)18-14/h9-12H,5-8H2,1-4H3/t10-,11-,12-,13-,14+,15-/m0/s1. The van der Waals surface area contributed by atoms with Crippen LogP contribution in [0.5, 0.6) is 0 Å². The minimum absolute atomic E-state index is 0.0161. The molecule has 4 aliphatic rings. The van der Waals surface area contributed by atoms with Crippen LogP contribution in [0.3, 0.4) is 0 Å². The summed E-state index contributed by atoms with van der Waals surface area (Å²) in [5, 5.41) is 0. The monoisotopic (exact) mass is 252 g/mol. The lowest BCUT2D eigenvalue weighted by molar-refractivity contribution is -0.280. The maximum absolute atomic E-state index is 6.52. The van der Waals surface area contributed by atoms with Gasteiger partial charge in [0.25, 0.3) is 0 Å². The smallest absolute Gasteiger partial charge is 0.191 e. The van der Waals surface area contributed by atoms with Gasteiger partial charge in [0.15, 0.2) is 12.1 Å². The Morgan fingerprint density at radius 2 is 1.83 bits per heavy atom. The Labute approximate surface area is 109 Å². The molecule has 102 valence electrons. The fourth-order valence-electron chi connectivity index (χ4n) is 5.23. The fourth-order valence-corrected chi connectivity index (χ4v) is 5.23. The van der Waals surface area contributed by atoms with Gasteiger partial charge in [-0.05, 0) is 44.9 Å². The first-order chi connectivity index (χ1) is 8.40. The molecule has 4 fully saturated rings. The van der Waals surface area contributed by atoms with Crippen molar-refractivity contribution >= 4 is 0 Å². The lowest BCUT2D eigenvalue weighted by atomic mass is 9.59. The van der Waals surface area contributed by atoms with E-state index in [-0.39, 0.29) is 17.5 Å². The lowest BCUT2D eigenvalue weighted by Crippen LogP contribution is -2.59. The van der Waals surface area contributed by atoms with Gasteiger partial charge >= 0.3 is 0 Å². The molecule has 0 aromatic carbocycles. The van der Waals surface area contributed by atoms with Crippen LogP contribution in [-0.2, 0) is 14.2 Å². The highest BCUT2D eigenvalue weighted by Crippen LogP contribution is 2.67. The molecule has 18 heavy (non-hydrogen) atoms. The minimum Gasteiger partial charge on any atom is -0.343 e. The van der Waals surface area contributed by atoms with Gasteiger partial charge in [-0.1, -0.05) is 13.8 Å². The summed E-state index contributed by atoms with van der Waals surface area (Å²) in [7, 11) is 0. The van der Waals surface area contributed by atoms with E-state index in [1.807, 2.05) is 0 Å². The number of ether oxygens (including phenoxy) is 3. The Balaban J connectivity index is 1.85. The van der Waals surface area contributed by atoms with Crippen molar-refractivity contribution in [1.82, 2.24) is 0 Å². The van der Waals surface area contributed by atoms with E-state index in [1.54, 1.807) is 0 Å². The van der Waals surface area contributed by atoms with Crippen molar-refractivity contribution in [1.29, 1.82) is 0 Å². The first-order valence-corrected chi connectivity index (χ1v) is 7.45. The third kappa shape index (κ3) is 1.13. The van der Waals surface area contributed by atoms with Crippen molar-refractivity contribution in [3.8, 4) is 0 Å². The van der Waals surface area contributed by atoms with Crippen molar-refractivity contribution in [2.75, 3.05) is 0 Å². The van der Waals surface area contributed by atoms with E-state index in [1.165, 1.54) is 12.8 Å². The first-order valence-electron chi connectivity index (χ1n) is 7.45. The zero-order chi connectivity index (χ0) is 12.8. The van der Waals surface area contributed by atoms with Crippen LogP contribution >= 0.6 is 0 Å². The summed E-state index contributed by atoms with van der Waals surface area (Å²) in [6.07, 6.45) is 4.43. The van der Waals surface area contributed by atoms with E-state index in [9.17, 15) is 0 Å². The molecule has 3 bridgehead atoms. The molecule has 1 aliphatic carbocycles. The number of rotatable bonds is 1. The van der Waals surface area contributed by atoms with Gasteiger partial charge in [0.1, 0.15) is 5.60 Å². The molecule has 3 saturated heterocycles. The topological polar surface area (TPSA) is 27.7 Å². The molecule has 0 radical (unpaired) electrons. The molecule has 4 rings (SSSR count). The molecular formula is C15H24O3. The summed E-state index contributed by atoms with van der Waals surface area (Å²) in [6.45, 7) is 8.98. The predicted molar refractivity (Wildman–Crippen MR) is 66.9 cm³/mol. The molecule has 0 unspecified atom stereocenters. The Hall–Kier alpha value is -0.120. The van der Waals surface area contributed by atoms with Gasteiger partial charge in [-0.3, -0.25) is 0 Å². The summed E-state index contributed by atoms with van der Waals surface area (Å²) in [6, 6.07) is 0. The molecule has 0 N–H and O–H groups in total. The van der Waals surface area contributed by atoms with Gasteiger partial charge in [0.2, 0.25) is 0 Å². The SMILES string of the molecule is CC(C)[C@@H]1CC[C@]2(C)O[C@H]3O[C@@]4(C)CC[C@@H]2[C@]31O4. The number of hydrogen-bond acceptors (Lipinski definition) is 3. The van der Waals surface area contributed by atoms with Crippen LogP contribution in [0.1, 0.15) is 53.4 Å². The quantitative estimate of drug-likeness (QED) is 0.718. The van der Waals surface area contributed by atoms with Crippen molar-refractivity contribution in [3.63, 3.8) is 0 Å². The predicted octanol–water partition coefficient (Wildman–Crippen LogP) is 3.08. The van der Waals surface area contributed by atoms with E-state index in [0.29, 0.717) is 17.8 Å². The summed E-state index contributed by atoms with van der Waals surface area (Å²) >= 11 is 0. The third-order valence-electron chi connectivity index (χ3n) is 6.00. The Morgan fingerprint density at radius 3 is 2.56 bits per heavy atom. The maximum Gasteiger partial charge on any atom is 0.191 e. The maximum atomic E-state index is 6.52. The van der Waals surface area contributed by atoms with Crippen molar-refractivity contribution < 1.29 is 14.2 Å². The van der Waals surface area contributed by atoms with Gasteiger partial charge in [0, 0.05) is 12.3 Å². The molecular weight excluding hydrogens is 228 g/mol. The van der Waals surface area contributed by atoms with Crippen LogP contribution in [0.2, 0.25) is 0 Å². The largest absolute Gasteiger partial charge is 0.343 e. The normalized spacial score (nSPS) is 61.5. The molecule has 3 nitrogen and oxygen atoms in total. The highest BCUT2D eigenvalue weighted by molar-refractivity contribution is 5.19. The average molecular weight is 252 g/mol. The average Bonchev–Trinajstić information content (AvgIpc) is 2.53. The second kappa shape index (κ2) is 3.13. The van der Waals surface area contributed by atoms with E-state index in [4.69, 9.17) is 14.2 Å². The summed E-state index contributed by atoms with van der Waals surface area (Å²) in [4.78, 5) is 0. The summed E-state index contributed by atoms with van der Waals surface area (Å²) < 4.78 is 19.0. The van der Waals surface area contributed by atoms with Crippen LogP contribution in [-0.4, -0.2) is 23.3 Å². The third-order valence-corrected chi connectivity index (χ3v) is 6.00. The molecule has 1 saturated carbocycles. The first kappa shape index (κ1) is 11.7. The minimum atomic E-state index is -0.396. The molecule has 3 heterocycles. The van der Waals surface area contributed by atoms with E-state index in [2.05, 4.69) is 27.7 Å². The van der Waals surface area contributed by atoms with Crippen LogP contribution in [0, 0.1) is 17.8 Å². The van der Waals surface area contributed by atoms with Crippen LogP contribution in [0.25, 0.3) is 0 Å². The Morgan fingerprint density at radius 1 is 1.06 bits per heavy atom. The molecule has 3 heteroatoms. The Bertz CT molecular complexity index is 395. The van der Waals surface area contributed by atoms with Crippen LogP contribution < -0.4 is 0 Å². The van der Waals surface area contributed by atoms with Crippen molar-refractivity contribution in [3.05, 3.63) is 0 Å². The molecule has 6 atom stereocenters. The second-order valence-corrected chi connectivity index (χ2v) is 7.45. The lowest BCUT2D eigenvalue weighted by Gasteiger charge is -2.52. The second-order valence-electron chi connectivity index (χ2n) is 7.45. The number of hydrogen-bond donors (Lipinski definition) is 0. The molecule has 0 aromatic heterocycles. The zero-order valence-electron chi connectivity index (χ0n) is 11.9. The molecule has 0 amide bonds. The molecule has 3 aliphatic heterocycles. The molecule has 0 aromatic rings. The number of fused-ring (bicyclic) bond motifs is 1. The van der Waals surface area contributed by atoms with E-state index in [0.717, 1.165) is 12.8 Å². The Kier molecular flexibility index (Phi) is 2.03. The fraction of sp³-hybridized carbons (Fsp3) is 1.00. The van der Waals surface area contributed by atoms with Gasteiger partial charge in [0.05, 0.1) is 5.60 Å².